The van der Waals surface area contributed by atoms with Crippen molar-refractivity contribution in [1.82, 2.24) is 4.90 Å². The highest BCUT2D eigenvalue weighted by Crippen LogP contribution is 2.59. The maximum absolute atomic E-state index is 14.6. The van der Waals surface area contributed by atoms with Gasteiger partial charge in [0.05, 0.1) is 32.3 Å². The van der Waals surface area contributed by atoms with Crippen LogP contribution in [0.2, 0.25) is 0 Å². The molecular weight excluding hydrogens is 500 g/mol. The van der Waals surface area contributed by atoms with E-state index in [9.17, 15) is 19.5 Å². The van der Waals surface area contributed by atoms with E-state index in [4.69, 9.17) is 14.2 Å². The van der Waals surface area contributed by atoms with Gasteiger partial charge in [-0.3, -0.25) is 14.4 Å². The molecule has 4 aliphatic rings. The van der Waals surface area contributed by atoms with Crippen molar-refractivity contribution in [3.05, 3.63) is 48.6 Å². The van der Waals surface area contributed by atoms with E-state index >= 15 is 0 Å². The fourth-order valence-corrected chi connectivity index (χ4v) is 6.83. The maximum Gasteiger partial charge on any atom is 0.313 e. The Bertz CT molecular complexity index is 1180. The molecule has 1 N–H and O–H groups in total. The molecule has 39 heavy (non-hydrogen) atoms. The van der Waals surface area contributed by atoms with Crippen LogP contribution < -0.4 is 9.64 Å². The van der Waals surface area contributed by atoms with Crippen molar-refractivity contribution in [1.29, 1.82) is 0 Å². The Labute approximate surface area is 229 Å². The van der Waals surface area contributed by atoms with Crippen LogP contribution in [0.1, 0.15) is 40.0 Å². The molecule has 4 aliphatic heterocycles. The van der Waals surface area contributed by atoms with Crippen LogP contribution in [0, 0.1) is 17.8 Å². The van der Waals surface area contributed by atoms with Gasteiger partial charge in [0.2, 0.25) is 5.91 Å². The number of anilines is 1. The normalized spacial score (nSPS) is 33.5. The summed E-state index contributed by atoms with van der Waals surface area (Å²) in [6, 6.07) is 5.48. The van der Waals surface area contributed by atoms with Crippen LogP contribution in [0.4, 0.5) is 5.69 Å². The molecule has 1 aromatic rings. The third-order valence-electron chi connectivity index (χ3n) is 9.07. The monoisotopic (exact) mass is 538 g/mol. The first-order chi connectivity index (χ1) is 18.8. The number of nitrogens with zero attached hydrogens (tertiary/aromatic N) is 2. The Morgan fingerprint density at radius 3 is 2.46 bits per heavy atom. The SMILES string of the molecule is CC[C@H](C)[C@H](CO)N1C(=O)[C@@H]2[C@H]3C(=O)OCCC=C[C@@]3(CC)O[C@@]23C=CCN(c2ccc(OC)cc2)C(=O)C13. The van der Waals surface area contributed by atoms with E-state index in [1.165, 1.54) is 4.90 Å². The summed E-state index contributed by atoms with van der Waals surface area (Å²) in [7, 11) is 1.58. The highest BCUT2D eigenvalue weighted by molar-refractivity contribution is 6.05. The molecular formula is C30H38N2O7. The summed E-state index contributed by atoms with van der Waals surface area (Å²) >= 11 is 0. The first-order valence-electron chi connectivity index (χ1n) is 13.9. The third kappa shape index (κ3) is 4.09. The summed E-state index contributed by atoms with van der Waals surface area (Å²) in [4.78, 5) is 45.8. The first kappa shape index (κ1) is 27.4. The number of benzene rings is 1. The van der Waals surface area contributed by atoms with E-state index in [1.54, 1.807) is 36.3 Å². The lowest BCUT2D eigenvalue weighted by Crippen LogP contribution is -2.60. The van der Waals surface area contributed by atoms with Crippen LogP contribution in [0.5, 0.6) is 5.75 Å². The molecule has 5 rings (SSSR count). The number of cyclic esters (lactones) is 1. The number of hydrogen-bond acceptors (Lipinski definition) is 7. The Hall–Kier alpha value is -3.17. The number of carbonyl (C=O) groups excluding carboxylic acids is 3. The molecule has 9 nitrogen and oxygen atoms in total. The predicted octanol–water partition coefficient (Wildman–Crippen LogP) is 2.87. The number of rotatable bonds is 7. The molecule has 210 valence electrons. The Balaban J connectivity index is 1.69. The second kappa shape index (κ2) is 10.4. The van der Waals surface area contributed by atoms with Gasteiger partial charge in [-0.25, -0.2) is 0 Å². The van der Waals surface area contributed by atoms with E-state index in [-0.39, 0.29) is 37.5 Å². The van der Waals surface area contributed by atoms with Crippen molar-refractivity contribution in [3.8, 4) is 5.75 Å². The zero-order chi connectivity index (χ0) is 27.9. The van der Waals surface area contributed by atoms with Gasteiger partial charge in [-0.1, -0.05) is 51.5 Å². The number of methoxy groups -OCH3 is 1. The minimum Gasteiger partial charge on any atom is -0.497 e. The van der Waals surface area contributed by atoms with Crippen molar-refractivity contribution < 1.29 is 33.7 Å². The molecule has 2 fully saturated rings. The van der Waals surface area contributed by atoms with E-state index in [0.717, 1.165) is 0 Å². The second-order valence-corrected chi connectivity index (χ2v) is 10.9. The number of fused-ring (bicyclic) bond motifs is 2. The number of aliphatic hydroxyl groups is 1. The molecule has 2 amide bonds. The summed E-state index contributed by atoms with van der Waals surface area (Å²) < 4.78 is 17.8. The molecule has 4 heterocycles. The minimum absolute atomic E-state index is 0.0931. The van der Waals surface area contributed by atoms with Gasteiger partial charge in [0.15, 0.2) is 0 Å². The summed E-state index contributed by atoms with van der Waals surface area (Å²) in [6.45, 7) is 6.03. The zero-order valence-corrected chi connectivity index (χ0v) is 23.0. The molecule has 1 aromatic carbocycles. The van der Waals surface area contributed by atoms with Crippen LogP contribution in [-0.2, 0) is 23.9 Å². The van der Waals surface area contributed by atoms with Crippen molar-refractivity contribution in [2.75, 3.05) is 31.8 Å². The van der Waals surface area contributed by atoms with Crippen molar-refractivity contribution >= 4 is 23.5 Å². The van der Waals surface area contributed by atoms with Crippen LogP contribution in [-0.4, -0.2) is 77.9 Å². The number of hydrogen-bond donors (Lipinski definition) is 1. The van der Waals surface area contributed by atoms with Gasteiger partial charge in [0.25, 0.3) is 5.91 Å². The quantitative estimate of drug-likeness (QED) is 0.420. The van der Waals surface area contributed by atoms with Gasteiger partial charge in [-0.15, -0.1) is 0 Å². The minimum atomic E-state index is -1.40. The lowest BCUT2D eigenvalue weighted by atomic mass is 9.73. The topological polar surface area (TPSA) is 106 Å². The highest BCUT2D eigenvalue weighted by atomic mass is 16.6. The van der Waals surface area contributed by atoms with E-state index in [0.29, 0.717) is 30.7 Å². The van der Waals surface area contributed by atoms with Crippen LogP contribution >= 0.6 is 0 Å². The molecule has 7 atom stereocenters. The van der Waals surface area contributed by atoms with E-state index in [2.05, 4.69) is 0 Å². The van der Waals surface area contributed by atoms with E-state index in [1.807, 2.05) is 45.1 Å². The van der Waals surface area contributed by atoms with Gasteiger partial charge in [0.1, 0.15) is 28.9 Å². The fraction of sp³-hybridized carbons (Fsp3) is 0.567. The van der Waals surface area contributed by atoms with Crippen LogP contribution in [0.25, 0.3) is 0 Å². The number of likely N-dealkylation sites (tertiary alicyclic amines) is 1. The number of ether oxygens (including phenoxy) is 3. The molecule has 1 spiro atoms. The molecule has 0 aliphatic carbocycles. The summed E-state index contributed by atoms with van der Waals surface area (Å²) in [5, 5.41) is 10.5. The maximum atomic E-state index is 14.6. The van der Waals surface area contributed by atoms with Crippen LogP contribution in [0.15, 0.2) is 48.6 Å². The fourth-order valence-electron chi connectivity index (χ4n) is 6.83. The molecule has 0 radical (unpaired) electrons. The molecule has 1 unspecified atom stereocenters. The molecule has 0 saturated carbocycles. The van der Waals surface area contributed by atoms with Gasteiger partial charge < -0.3 is 29.1 Å². The van der Waals surface area contributed by atoms with Gasteiger partial charge in [-0.05, 0) is 43.0 Å². The smallest absolute Gasteiger partial charge is 0.313 e. The Morgan fingerprint density at radius 1 is 1.08 bits per heavy atom. The van der Waals surface area contributed by atoms with Gasteiger partial charge in [0, 0.05) is 12.2 Å². The molecule has 9 heteroatoms. The Morgan fingerprint density at radius 2 is 1.82 bits per heavy atom. The zero-order valence-electron chi connectivity index (χ0n) is 23.0. The molecule has 0 bridgehead atoms. The standard InChI is InChI=1S/C30H38N2O7/c1-5-19(3)22(18-33)32-25-27(35)31(20-10-12-21(37-4)13-11-20)16-9-15-30(25)23(26(32)34)24-28(36)38-17-8-7-14-29(24,6-2)39-30/h7,9-15,19,22-25,33H,5-6,8,16-18H2,1-4H3/t19-,22-,23-,24-,25?,29+,30-/m0/s1. The molecule has 0 aromatic heterocycles. The summed E-state index contributed by atoms with van der Waals surface area (Å²) in [6.07, 6.45) is 9.16. The lowest BCUT2D eigenvalue weighted by molar-refractivity contribution is -0.162. The highest BCUT2D eigenvalue weighted by Gasteiger charge is 2.76. The van der Waals surface area contributed by atoms with Crippen molar-refractivity contribution in [2.24, 2.45) is 17.8 Å². The average Bonchev–Trinajstić information content (AvgIpc) is 3.29. The van der Waals surface area contributed by atoms with Crippen molar-refractivity contribution in [2.45, 2.75) is 63.3 Å². The third-order valence-corrected chi connectivity index (χ3v) is 9.07. The summed E-state index contributed by atoms with van der Waals surface area (Å²) in [5.74, 6) is -2.48. The molecule has 2 saturated heterocycles. The predicted molar refractivity (Wildman–Crippen MR) is 144 cm³/mol. The van der Waals surface area contributed by atoms with E-state index < -0.39 is 41.1 Å². The lowest BCUT2D eigenvalue weighted by Gasteiger charge is -2.42. The second-order valence-electron chi connectivity index (χ2n) is 10.9. The number of amides is 2. The van der Waals surface area contributed by atoms with Crippen molar-refractivity contribution in [3.63, 3.8) is 0 Å². The number of esters is 1. The average molecular weight is 539 g/mol. The largest absolute Gasteiger partial charge is 0.497 e. The van der Waals surface area contributed by atoms with Crippen LogP contribution in [0.3, 0.4) is 0 Å². The number of aliphatic hydroxyl groups excluding tert-OH is 1. The number of carbonyl (C=O) groups is 3. The van der Waals surface area contributed by atoms with Gasteiger partial charge in [-0.2, -0.15) is 0 Å². The first-order valence-corrected chi connectivity index (χ1v) is 13.9. The van der Waals surface area contributed by atoms with Gasteiger partial charge >= 0.3 is 5.97 Å². The summed E-state index contributed by atoms with van der Waals surface area (Å²) in [5.41, 5.74) is -1.84. The Kier molecular flexibility index (Phi) is 7.33.